The molecule has 7 heteroatoms. The van der Waals surface area contributed by atoms with Gasteiger partial charge in [0.2, 0.25) is 0 Å². The highest BCUT2D eigenvalue weighted by atomic mass is 32.2. The lowest BCUT2D eigenvalue weighted by molar-refractivity contribution is 0.414. The van der Waals surface area contributed by atoms with E-state index in [2.05, 4.69) is 0 Å². The van der Waals surface area contributed by atoms with Crippen molar-refractivity contribution in [2.45, 2.75) is 9.79 Å². The average Bonchev–Trinajstić information content (AvgIpc) is 2.54. The maximum Gasteiger partial charge on any atom is 0.179 e. The van der Waals surface area contributed by atoms with Crippen molar-refractivity contribution >= 4 is 19.7 Å². The first kappa shape index (κ1) is 16.5. The summed E-state index contributed by atoms with van der Waals surface area (Å²) in [5.74, 6) is -0.377. The fraction of sp³-hybridized carbons (Fsp3) is 0.200. The number of hydrogen-bond donors (Lipinski definition) is 0. The Balaban J connectivity index is 2.15. The van der Waals surface area contributed by atoms with E-state index in [1.807, 2.05) is 0 Å². The standard InChI is InChI=1S/C15H16O5S2/c1-20-13-7-9-15(10-8-13)22(18,19)12-11-21(16,17)14-5-3-2-4-6-14/h2-10H,11-12H2,1H3. The molecule has 0 fully saturated rings. The number of ether oxygens (including phenoxy) is 1. The van der Waals surface area contributed by atoms with Crippen molar-refractivity contribution in [1.29, 1.82) is 0 Å². The van der Waals surface area contributed by atoms with Crippen LogP contribution >= 0.6 is 0 Å². The Morgan fingerprint density at radius 1 is 0.727 bits per heavy atom. The highest BCUT2D eigenvalue weighted by Crippen LogP contribution is 2.18. The number of methoxy groups -OCH3 is 1. The van der Waals surface area contributed by atoms with Crippen LogP contribution in [0.3, 0.4) is 0 Å². The quantitative estimate of drug-likeness (QED) is 0.803. The van der Waals surface area contributed by atoms with E-state index in [0.29, 0.717) is 5.75 Å². The smallest absolute Gasteiger partial charge is 0.179 e. The largest absolute Gasteiger partial charge is 0.497 e. The molecule has 0 aliphatic rings. The van der Waals surface area contributed by atoms with E-state index in [0.717, 1.165) is 0 Å². The zero-order valence-electron chi connectivity index (χ0n) is 12.0. The van der Waals surface area contributed by atoms with Crippen molar-refractivity contribution in [3.8, 4) is 5.75 Å². The lowest BCUT2D eigenvalue weighted by Gasteiger charge is -2.07. The number of sulfone groups is 2. The van der Waals surface area contributed by atoms with Gasteiger partial charge in [-0.25, -0.2) is 16.8 Å². The summed E-state index contributed by atoms with van der Waals surface area (Å²) in [6.45, 7) is 0. The Kier molecular flexibility index (Phi) is 4.87. The van der Waals surface area contributed by atoms with E-state index in [4.69, 9.17) is 4.74 Å². The molecule has 0 aliphatic heterocycles. The van der Waals surface area contributed by atoms with Gasteiger partial charge in [0.1, 0.15) is 5.75 Å². The number of rotatable bonds is 6. The molecular formula is C15H16O5S2. The van der Waals surface area contributed by atoms with Crippen molar-refractivity contribution in [3.05, 3.63) is 54.6 Å². The molecule has 118 valence electrons. The molecule has 0 aromatic heterocycles. The highest BCUT2D eigenvalue weighted by molar-refractivity contribution is 7.95. The molecule has 22 heavy (non-hydrogen) atoms. The second-order valence-electron chi connectivity index (χ2n) is 4.63. The average molecular weight is 340 g/mol. The van der Waals surface area contributed by atoms with Crippen LogP contribution in [0.1, 0.15) is 0 Å². The van der Waals surface area contributed by atoms with Crippen molar-refractivity contribution in [3.63, 3.8) is 0 Å². The molecule has 5 nitrogen and oxygen atoms in total. The van der Waals surface area contributed by atoms with Crippen LogP contribution in [0.4, 0.5) is 0 Å². The van der Waals surface area contributed by atoms with Gasteiger partial charge in [-0.05, 0) is 36.4 Å². The highest BCUT2D eigenvalue weighted by Gasteiger charge is 2.21. The summed E-state index contributed by atoms with van der Waals surface area (Å²) in [5.41, 5.74) is 0. The normalized spacial score (nSPS) is 12.0. The minimum atomic E-state index is -3.66. The van der Waals surface area contributed by atoms with Crippen LogP contribution in [-0.2, 0) is 19.7 Å². The minimum Gasteiger partial charge on any atom is -0.497 e. The van der Waals surface area contributed by atoms with Crippen molar-refractivity contribution in [2.75, 3.05) is 18.6 Å². The summed E-state index contributed by atoms with van der Waals surface area (Å²) < 4.78 is 53.6. The first-order valence-corrected chi connectivity index (χ1v) is 9.80. The van der Waals surface area contributed by atoms with Crippen LogP contribution in [0.2, 0.25) is 0 Å². The van der Waals surface area contributed by atoms with E-state index in [9.17, 15) is 16.8 Å². The molecule has 2 aromatic carbocycles. The predicted molar refractivity (Wildman–Crippen MR) is 83.5 cm³/mol. The molecule has 0 heterocycles. The number of hydrogen-bond acceptors (Lipinski definition) is 5. The Morgan fingerprint density at radius 3 is 1.64 bits per heavy atom. The molecule has 0 aliphatic carbocycles. The summed E-state index contributed by atoms with van der Waals surface area (Å²) >= 11 is 0. The van der Waals surface area contributed by atoms with Crippen LogP contribution in [0.5, 0.6) is 5.75 Å². The summed E-state index contributed by atoms with van der Waals surface area (Å²) in [5, 5.41) is 0. The lowest BCUT2D eigenvalue weighted by atomic mass is 10.3. The van der Waals surface area contributed by atoms with Gasteiger partial charge in [-0.2, -0.15) is 0 Å². The monoisotopic (exact) mass is 340 g/mol. The van der Waals surface area contributed by atoms with Gasteiger partial charge >= 0.3 is 0 Å². The third-order valence-electron chi connectivity index (χ3n) is 3.14. The maximum absolute atomic E-state index is 12.2. The Morgan fingerprint density at radius 2 is 1.18 bits per heavy atom. The third kappa shape index (κ3) is 3.86. The van der Waals surface area contributed by atoms with Gasteiger partial charge in [0, 0.05) is 0 Å². The second kappa shape index (κ2) is 6.50. The van der Waals surface area contributed by atoms with Crippen molar-refractivity contribution in [2.24, 2.45) is 0 Å². The molecule has 0 saturated heterocycles. The van der Waals surface area contributed by atoms with Gasteiger partial charge in [0.25, 0.3) is 0 Å². The fourth-order valence-corrected chi connectivity index (χ4v) is 5.22. The molecule has 0 N–H and O–H groups in total. The summed E-state index contributed by atoms with van der Waals surface area (Å²) in [7, 11) is -5.80. The van der Waals surface area contributed by atoms with Crippen molar-refractivity contribution < 1.29 is 21.6 Å². The van der Waals surface area contributed by atoms with E-state index in [1.165, 1.54) is 43.5 Å². The van der Waals surface area contributed by atoms with Gasteiger partial charge in [-0.3, -0.25) is 0 Å². The molecule has 0 amide bonds. The molecule has 2 aromatic rings. The van der Waals surface area contributed by atoms with Gasteiger partial charge in [0.15, 0.2) is 19.7 Å². The van der Waals surface area contributed by atoms with E-state index in [-0.39, 0.29) is 9.79 Å². The van der Waals surface area contributed by atoms with Crippen LogP contribution in [0.15, 0.2) is 64.4 Å². The van der Waals surface area contributed by atoms with Gasteiger partial charge in [0.05, 0.1) is 28.4 Å². The summed E-state index contributed by atoms with van der Waals surface area (Å²) in [4.78, 5) is 0.205. The maximum atomic E-state index is 12.2. The van der Waals surface area contributed by atoms with E-state index >= 15 is 0 Å². The molecular weight excluding hydrogens is 324 g/mol. The molecule has 0 atom stereocenters. The van der Waals surface area contributed by atoms with Crippen LogP contribution in [-0.4, -0.2) is 35.5 Å². The van der Waals surface area contributed by atoms with Gasteiger partial charge in [-0.1, -0.05) is 18.2 Å². The molecule has 2 rings (SSSR count). The molecule has 0 radical (unpaired) electrons. The molecule has 0 spiro atoms. The summed E-state index contributed by atoms with van der Waals surface area (Å²) in [6, 6.07) is 13.7. The van der Waals surface area contributed by atoms with Gasteiger partial charge in [-0.15, -0.1) is 0 Å². The summed E-state index contributed by atoms with van der Waals surface area (Å²) in [6.07, 6.45) is 0. The van der Waals surface area contributed by atoms with Gasteiger partial charge < -0.3 is 4.74 Å². The number of benzene rings is 2. The third-order valence-corrected chi connectivity index (χ3v) is 6.86. The zero-order chi connectivity index (χ0) is 16.2. The second-order valence-corrected chi connectivity index (χ2v) is 8.84. The zero-order valence-corrected chi connectivity index (χ0v) is 13.6. The first-order valence-electron chi connectivity index (χ1n) is 6.50. The fourth-order valence-electron chi connectivity index (χ4n) is 1.87. The lowest BCUT2D eigenvalue weighted by Crippen LogP contribution is -2.17. The Labute approximate surface area is 130 Å². The minimum absolute atomic E-state index is 0.0801. The Hall–Kier alpha value is -1.86. The van der Waals surface area contributed by atoms with Crippen molar-refractivity contribution in [1.82, 2.24) is 0 Å². The SMILES string of the molecule is COc1ccc(S(=O)(=O)CCS(=O)(=O)c2ccccc2)cc1. The topological polar surface area (TPSA) is 77.5 Å². The Bertz CT molecular complexity index is 823. The molecule has 0 unspecified atom stereocenters. The van der Waals surface area contributed by atoms with Crippen LogP contribution < -0.4 is 4.74 Å². The van der Waals surface area contributed by atoms with E-state index < -0.39 is 31.2 Å². The predicted octanol–water partition coefficient (Wildman–Crippen LogP) is 1.94. The van der Waals surface area contributed by atoms with Crippen LogP contribution in [0.25, 0.3) is 0 Å². The first-order chi connectivity index (χ1) is 10.3. The van der Waals surface area contributed by atoms with E-state index in [1.54, 1.807) is 18.2 Å². The molecule has 0 saturated carbocycles. The molecule has 0 bridgehead atoms. The van der Waals surface area contributed by atoms with Crippen LogP contribution in [0, 0.1) is 0 Å².